The number of benzene rings is 1. The summed E-state index contributed by atoms with van der Waals surface area (Å²) < 4.78 is 10.4. The summed E-state index contributed by atoms with van der Waals surface area (Å²) in [5.41, 5.74) is 7.19. The van der Waals surface area contributed by atoms with Gasteiger partial charge in [0.15, 0.2) is 0 Å². The molecule has 1 atom stereocenters. The first kappa shape index (κ1) is 18.7. The molecule has 0 aliphatic carbocycles. The van der Waals surface area contributed by atoms with Crippen molar-refractivity contribution >= 4 is 18.3 Å². The fraction of sp³-hybridized carbons (Fsp3) is 0.562. The van der Waals surface area contributed by atoms with Crippen molar-refractivity contribution < 1.29 is 14.3 Å². The van der Waals surface area contributed by atoms with E-state index in [-0.39, 0.29) is 24.2 Å². The number of rotatable bonds is 5. The van der Waals surface area contributed by atoms with Crippen LogP contribution in [0.1, 0.15) is 18.4 Å². The maximum absolute atomic E-state index is 12.4. The second kappa shape index (κ2) is 8.98. The van der Waals surface area contributed by atoms with Crippen molar-refractivity contribution in [1.29, 1.82) is 0 Å². The number of methoxy groups -OCH3 is 1. The summed E-state index contributed by atoms with van der Waals surface area (Å²) >= 11 is 0. The van der Waals surface area contributed by atoms with E-state index in [1.807, 2.05) is 24.3 Å². The summed E-state index contributed by atoms with van der Waals surface area (Å²) in [4.78, 5) is 14.1. The van der Waals surface area contributed by atoms with Gasteiger partial charge in [0.2, 0.25) is 5.91 Å². The Hall–Kier alpha value is -1.30. The van der Waals surface area contributed by atoms with Crippen molar-refractivity contribution in [3.63, 3.8) is 0 Å². The number of ether oxygens (including phenoxy) is 2. The van der Waals surface area contributed by atoms with E-state index < -0.39 is 6.04 Å². The summed E-state index contributed by atoms with van der Waals surface area (Å²) in [5, 5.41) is 0. The number of nitrogens with two attached hydrogens (primary N) is 1. The summed E-state index contributed by atoms with van der Waals surface area (Å²) in [6.45, 7) is 1.96. The molecule has 0 saturated carbocycles. The Bertz CT molecular complexity index is 461. The lowest BCUT2D eigenvalue weighted by atomic mass is 9.91. The van der Waals surface area contributed by atoms with Gasteiger partial charge in [-0.3, -0.25) is 4.79 Å². The van der Waals surface area contributed by atoms with Crippen molar-refractivity contribution in [2.75, 3.05) is 27.4 Å². The monoisotopic (exact) mass is 328 g/mol. The van der Waals surface area contributed by atoms with Gasteiger partial charge in [0.05, 0.1) is 13.2 Å². The van der Waals surface area contributed by atoms with Gasteiger partial charge >= 0.3 is 0 Å². The lowest BCUT2D eigenvalue weighted by Gasteiger charge is -2.29. The van der Waals surface area contributed by atoms with Crippen molar-refractivity contribution in [2.24, 2.45) is 11.7 Å². The molecule has 0 spiro atoms. The van der Waals surface area contributed by atoms with Gasteiger partial charge in [0.25, 0.3) is 0 Å². The summed E-state index contributed by atoms with van der Waals surface area (Å²) in [6.07, 6.45) is 1.73. The molecule has 1 fully saturated rings. The minimum atomic E-state index is -0.433. The molecule has 0 radical (unpaired) electrons. The van der Waals surface area contributed by atoms with Gasteiger partial charge in [-0.1, -0.05) is 12.1 Å². The van der Waals surface area contributed by atoms with E-state index in [4.69, 9.17) is 15.2 Å². The number of amides is 1. The van der Waals surface area contributed by atoms with Gasteiger partial charge in [-0.05, 0) is 36.5 Å². The van der Waals surface area contributed by atoms with Crippen LogP contribution in [0.25, 0.3) is 0 Å². The minimum Gasteiger partial charge on any atom is -0.497 e. The van der Waals surface area contributed by atoms with Crippen LogP contribution in [0.4, 0.5) is 0 Å². The summed E-state index contributed by atoms with van der Waals surface area (Å²) in [7, 11) is 3.43. The second-order valence-electron chi connectivity index (χ2n) is 5.52. The molecule has 1 heterocycles. The molecule has 1 aliphatic heterocycles. The zero-order valence-corrected chi connectivity index (χ0v) is 14.0. The Morgan fingerprint density at radius 3 is 2.50 bits per heavy atom. The van der Waals surface area contributed by atoms with Crippen molar-refractivity contribution in [2.45, 2.75) is 25.4 Å². The summed E-state index contributed by atoms with van der Waals surface area (Å²) in [5.74, 6) is 1.04. The Morgan fingerprint density at radius 1 is 1.36 bits per heavy atom. The number of hydrogen-bond acceptors (Lipinski definition) is 4. The molecule has 5 nitrogen and oxygen atoms in total. The molecule has 1 aromatic carbocycles. The first-order valence-corrected chi connectivity index (χ1v) is 7.33. The second-order valence-corrected chi connectivity index (χ2v) is 5.52. The first-order valence-electron chi connectivity index (χ1n) is 7.33. The normalized spacial score (nSPS) is 16.5. The Balaban J connectivity index is 0.00000242. The van der Waals surface area contributed by atoms with Crippen molar-refractivity contribution in [1.82, 2.24) is 4.90 Å². The first-order chi connectivity index (χ1) is 10.1. The Morgan fingerprint density at radius 2 is 1.95 bits per heavy atom. The Labute approximate surface area is 138 Å². The molecule has 124 valence electrons. The van der Waals surface area contributed by atoms with E-state index >= 15 is 0 Å². The molecule has 1 aliphatic rings. The molecule has 1 saturated heterocycles. The van der Waals surface area contributed by atoms with Crippen LogP contribution in [0.15, 0.2) is 24.3 Å². The highest BCUT2D eigenvalue weighted by Gasteiger charge is 2.28. The van der Waals surface area contributed by atoms with Gasteiger partial charge in [0, 0.05) is 26.8 Å². The molecule has 2 N–H and O–H groups in total. The molecule has 1 unspecified atom stereocenters. The van der Waals surface area contributed by atoms with E-state index in [1.165, 1.54) is 0 Å². The number of likely N-dealkylation sites (N-methyl/N-ethyl adjacent to an activating group) is 1. The van der Waals surface area contributed by atoms with Crippen LogP contribution < -0.4 is 10.5 Å². The maximum atomic E-state index is 12.4. The number of carbonyl (C=O) groups is 1. The number of carbonyl (C=O) groups excluding carboxylic acids is 1. The maximum Gasteiger partial charge on any atom is 0.239 e. The van der Waals surface area contributed by atoms with Gasteiger partial charge in [-0.25, -0.2) is 0 Å². The third-order valence-electron chi connectivity index (χ3n) is 4.01. The highest BCUT2D eigenvalue weighted by molar-refractivity contribution is 5.85. The largest absolute Gasteiger partial charge is 0.497 e. The van der Waals surface area contributed by atoms with Crippen LogP contribution >= 0.6 is 12.4 Å². The SMILES string of the molecule is COc1ccc(CN(C)C(=O)C(N)C2CCOCC2)cc1.Cl. The standard InChI is InChI=1S/C16H24N2O3.ClH/c1-18(11-12-3-5-14(20-2)6-4-12)16(19)15(17)13-7-9-21-10-8-13;/h3-6,13,15H,7-11,17H2,1-2H3;1H. The topological polar surface area (TPSA) is 64.8 Å². The highest BCUT2D eigenvalue weighted by atomic mass is 35.5. The van der Waals surface area contributed by atoms with E-state index in [9.17, 15) is 4.79 Å². The van der Waals surface area contributed by atoms with Crippen LogP contribution in [-0.2, 0) is 16.1 Å². The van der Waals surface area contributed by atoms with Gasteiger partial charge < -0.3 is 20.1 Å². The molecular weight excluding hydrogens is 304 g/mol. The third-order valence-corrected chi connectivity index (χ3v) is 4.01. The smallest absolute Gasteiger partial charge is 0.239 e. The van der Waals surface area contributed by atoms with E-state index in [0.29, 0.717) is 19.8 Å². The average molecular weight is 329 g/mol. The number of nitrogens with zero attached hydrogens (tertiary/aromatic N) is 1. The summed E-state index contributed by atoms with van der Waals surface area (Å²) in [6, 6.07) is 7.28. The van der Waals surface area contributed by atoms with Crippen LogP contribution in [0, 0.1) is 5.92 Å². The lowest BCUT2D eigenvalue weighted by Crippen LogP contribution is -2.47. The number of halogens is 1. The van der Waals surface area contributed by atoms with Crippen molar-refractivity contribution in [3.05, 3.63) is 29.8 Å². The quantitative estimate of drug-likeness (QED) is 0.895. The van der Waals surface area contributed by atoms with Crippen LogP contribution in [0.3, 0.4) is 0 Å². The van der Waals surface area contributed by atoms with E-state index in [2.05, 4.69) is 0 Å². The molecule has 2 rings (SSSR count). The zero-order valence-electron chi connectivity index (χ0n) is 13.2. The van der Waals surface area contributed by atoms with Crippen LogP contribution in [0.5, 0.6) is 5.75 Å². The minimum absolute atomic E-state index is 0. The molecule has 1 amide bonds. The average Bonchev–Trinajstić information content (AvgIpc) is 2.55. The third kappa shape index (κ3) is 4.87. The van der Waals surface area contributed by atoms with Crippen molar-refractivity contribution in [3.8, 4) is 5.75 Å². The highest BCUT2D eigenvalue weighted by Crippen LogP contribution is 2.19. The Kier molecular flexibility index (Phi) is 7.65. The molecule has 1 aromatic rings. The lowest BCUT2D eigenvalue weighted by molar-refractivity contribution is -0.133. The van der Waals surface area contributed by atoms with Gasteiger partial charge in [-0.15, -0.1) is 12.4 Å². The fourth-order valence-electron chi connectivity index (χ4n) is 2.61. The predicted molar refractivity (Wildman–Crippen MR) is 88.2 cm³/mol. The van der Waals surface area contributed by atoms with Crippen LogP contribution in [-0.4, -0.2) is 44.2 Å². The van der Waals surface area contributed by atoms with E-state index in [0.717, 1.165) is 24.2 Å². The molecule has 6 heteroatoms. The molecular formula is C16H25ClN2O3. The molecule has 0 aromatic heterocycles. The van der Waals surface area contributed by atoms with Gasteiger partial charge in [0.1, 0.15) is 5.75 Å². The predicted octanol–water partition coefficient (Wildman–Crippen LogP) is 1.83. The van der Waals surface area contributed by atoms with Gasteiger partial charge in [-0.2, -0.15) is 0 Å². The molecule has 0 bridgehead atoms. The fourth-order valence-corrected chi connectivity index (χ4v) is 2.61. The zero-order chi connectivity index (χ0) is 15.2. The molecule has 22 heavy (non-hydrogen) atoms. The van der Waals surface area contributed by atoms with E-state index in [1.54, 1.807) is 19.1 Å². The van der Waals surface area contributed by atoms with Crippen LogP contribution in [0.2, 0.25) is 0 Å². The number of hydrogen-bond donors (Lipinski definition) is 1.